The van der Waals surface area contributed by atoms with Crippen LogP contribution in [0.15, 0.2) is 47.4 Å². The average Bonchev–Trinajstić information content (AvgIpc) is 3.12. The Bertz CT molecular complexity index is 1370. The van der Waals surface area contributed by atoms with Crippen LogP contribution in [-0.4, -0.2) is 46.0 Å². The van der Waals surface area contributed by atoms with E-state index in [9.17, 15) is 29.3 Å². The van der Waals surface area contributed by atoms with Crippen LogP contribution in [0.3, 0.4) is 0 Å². The zero-order valence-electron chi connectivity index (χ0n) is 18.9. The largest absolute Gasteiger partial charge is 0.465 e. The van der Waals surface area contributed by atoms with Crippen LogP contribution in [0.5, 0.6) is 0 Å². The van der Waals surface area contributed by atoms with Gasteiger partial charge in [-0.15, -0.1) is 0 Å². The summed E-state index contributed by atoms with van der Waals surface area (Å²) in [4.78, 5) is 59.5. The van der Waals surface area contributed by atoms with Gasteiger partial charge in [0.1, 0.15) is 0 Å². The second kappa shape index (κ2) is 9.53. The molecule has 0 unspecified atom stereocenters. The number of aryl methyl sites for hydroxylation is 1. The van der Waals surface area contributed by atoms with E-state index in [1.807, 2.05) is 0 Å². The lowest BCUT2D eigenvalue weighted by molar-refractivity contribution is -0.386. The lowest BCUT2D eigenvalue weighted by atomic mass is 10.1. The summed E-state index contributed by atoms with van der Waals surface area (Å²) >= 11 is 0. The van der Waals surface area contributed by atoms with Crippen molar-refractivity contribution < 1.29 is 28.8 Å². The van der Waals surface area contributed by atoms with Crippen molar-refractivity contribution >= 4 is 23.4 Å². The van der Waals surface area contributed by atoms with Gasteiger partial charge < -0.3 is 18.6 Å². The van der Waals surface area contributed by atoms with Crippen LogP contribution in [-0.2, 0) is 16.0 Å². The second-order valence-corrected chi connectivity index (χ2v) is 7.38. The number of esters is 2. The molecule has 2 heterocycles. The highest BCUT2D eigenvalue weighted by Crippen LogP contribution is 2.22. The van der Waals surface area contributed by atoms with E-state index in [1.54, 1.807) is 48.7 Å². The minimum absolute atomic E-state index is 0.224. The molecule has 0 aliphatic carbocycles. The van der Waals surface area contributed by atoms with Gasteiger partial charge in [-0.2, -0.15) is 0 Å². The Hall–Kier alpha value is -4.54. The van der Waals surface area contributed by atoms with E-state index >= 15 is 0 Å². The molecule has 1 aromatic carbocycles. The number of methoxy groups -OCH3 is 2. The van der Waals surface area contributed by atoms with Crippen molar-refractivity contribution in [2.24, 2.45) is 0 Å². The molecule has 0 aliphatic heterocycles. The fourth-order valence-electron chi connectivity index (χ4n) is 3.64. The first-order valence-corrected chi connectivity index (χ1v) is 9.97. The molecule has 34 heavy (non-hydrogen) atoms. The monoisotopic (exact) mass is 467 g/mol. The van der Waals surface area contributed by atoms with E-state index in [1.165, 1.54) is 7.11 Å². The second-order valence-electron chi connectivity index (χ2n) is 7.38. The minimum Gasteiger partial charge on any atom is -0.465 e. The quantitative estimate of drug-likeness (QED) is 0.224. The molecule has 0 spiro atoms. The average molecular weight is 467 g/mol. The molecule has 0 N–H and O–H groups in total. The molecular formula is C23H21N3O8. The summed E-state index contributed by atoms with van der Waals surface area (Å²) in [6.45, 7) is 2.98. The first-order chi connectivity index (χ1) is 16.1. The maximum Gasteiger partial charge on any atom is 0.339 e. The summed E-state index contributed by atoms with van der Waals surface area (Å²) in [7, 11) is 2.39. The minimum atomic E-state index is -1.02. The predicted octanol–water partition coefficient (Wildman–Crippen LogP) is 2.62. The lowest BCUT2D eigenvalue weighted by Gasteiger charge is -2.11. The molecule has 0 amide bonds. The third kappa shape index (κ3) is 4.49. The maximum absolute atomic E-state index is 13.1. The molecule has 176 valence electrons. The first kappa shape index (κ1) is 24.1. The number of pyridine rings is 1. The highest BCUT2D eigenvalue weighted by molar-refractivity contribution is 5.98. The maximum atomic E-state index is 13.1. The number of aromatic nitrogens is 2. The van der Waals surface area contributed by atoms with Crippen molar-refractivity contribution in [1.29, 1.82) is 0 Å². The molecular weight excluding hydrogens is 446 g/mol. The van der Waals surface area contributed by atoms with Crippen molar-refractivity contribution in [3.05, 3.63) is 91.1 Å². The summed E-state index contributed by atoms with van der Waals surface area (Å²) < 4.78 is 11.9. The van der Waals surface area contributed by atoms with Crippen LogP contribution in [0, 0.1) is 24.0 Å². The van der Waals surface area contributed by atoms with Gasteiger partial charge in [0.2, 0.25) is 0 Å². The van der Waals surface area contributed by atoms with Crippen LogP contribution in [0.2, 0.25) is 0 Å². The number of ether oxygens (including phenoxy) is 2. The highest BCUT2D eigenvalue weighted by atomic mass is 16.6. The predicted molar refractivity (Wildman–Crippen MR) is 120 cm³/mol. The number of rotatable bonds is 7. The van der Waals surface area contributed by atoms with E-state index in [0.717, 1.165) is 23.9 Å². The van der Waals surface area contributed by atoms with Gasteiger partial charge >= 0.3 is 23.2 Å². The van der Waals surface area contributed by atoms with E-state index in [4.69, 9.17) is 4.74 Å². The van der Waals surface area contributed by atoms with Gasteiger partial charge in [0.05, 0.1) is 36.8 Å². The Balaban J connectivity index is 1.99. The van der Waals surface area contributed by atoms with Gasteiger partial charge in [0, 0.05) is 34.9 Å². The topological polar surface area (TPSA) is 140 Å². The molecule has 0 aliphatic rings. The number of hydrogen-bond donors (Lipinski definition) is 0. The smallest absolute Gasteiger partial charge is 0.339 e. The van der Waals surface area contributed by atoms with E-state index < -0.39 is 40.4 Å². The lowest BCUT2D eigenvalue weighted by Crippen LogP contribution is -2.27. The van der Waals surface area contributed by atoms with Crippen LogP contribution in [0.4, 0.5) is 5.69 Å². The van der Waals surface area contributed by atoms with Gasteiger partial charge in [-0.1, -0.05) is 0 Å². The van der Waals surface area contributed by atoms with Gasteiger partial charge in [0.15, 0.2) is 5.78 Å². The Morgan fingerprint density at radius 2 is 1.56 bits per heavy atom. The standard InChI is InChI=1S/C23H21N3O8/c1-13-9-18(14(2)25(13)17-7-5-15(6-8-17)22(29)33-3)20(27)12-24-11-16(23(30)34-4)10-19(21(24)28)26(31)32/h5-11H,12H2,1-4H3. The summed E-state index contributed by atoms with van der Waals surface area (Å²) in [6, 6.07) is 9.05. The van der Waals surface area contributed by atoms with Gasteiger partial charge in [-0.05, 0) is 44.2 Å². The van der Waals surface area contributed by atoms with Gasteiger partial charge in [-0.25, -0.2) is 9.59 Å². The van der Waals surface area contributed by atoms with Crippen molar-refractivity contribution in [3.8, 4) is 5.69 Å². The molecule has 3 aromatic rings. The van der Waals surface area contributed by atoms with Crippen molar-refractivity contribution in [1.82, 2.24) is 9.13 Å². The van der Waals surface area contributed by atoms with Crippen LogP contribution in [0.1, 0.15) is 42.5 Å². The molecule has 0 saturated carbocycles. The van der Waals surface area contributed by atoms with Crippen LogP contribution in [0.25, 0.3) is 5.69 Å². The van der Waals surface area contributed by atoms with Gasteiger partial charge in [-0.3, -0.25) is 19.7 Å². The number of nitro groups is 1. The number of ketones is 1. The Morgan fingerprint density at radius 3 is 2.12 bits per heavy atom. The van der Waals surface area contributed by atoms with Crippen molar-refractivity contribution in [2.75, 3.05) is 14.2 Å². The third-order valence-corrected chi connectivity index (χ3v) is 5.28. The summed E-state index contributed by atoms with van der Waals surface area (Å²) in [5, 5.41) is 11.3. The molecule has 11 nitrogen and oxygen atoms in total. The number of benzene rings is 1. The third-order valence-electron chi connectivity index (χ3n) is 5.28. The molecule has 0 bridgehead atoms. The number of carbonyl (C=O) groups excluding carboxylic acids is 3. The molecule has 0 fully saturated rings. The van der Waals surface area contributed by atoms with Crippen LogP contribution < -0.4 is 5.56 Å². The van der Waals surface area contributed by atoms with Crippen molar-refractivity contribution in [3.63, 3.8) is 0 Å². The molecule has 11 heteroatoms. The zero-order valence-corrected chi connectivity index (χ0v) is 18.9. The Labute approximate surface area is 193 Å². The SMILES string of the molecule is COC(=O)c1ccc(-n2c(C)cc(C(=O)Cn3cc(C(=O)OC)cc([N+](=O)[O-])c3=O)c2C)cc1. The number of carbonyl (C=O) groups is 3. The Morgan fingerprint density at radius 1 is 0.971 bits per heavy atom. The normalized spacial score (nSPS) is 10.6. The molecule has 0 saturated heterocycles. The highest BCUT2D eigenvalue weighted by Gasteiger charge is 2.23. The fourth-order valence-corrected chi connectivity index (χ4v) is 3.64. The van der Waals surface area contributed by atoms with E-state index in [-0.39, 0.29) is 5.56 Å². The number of nitrogens with zero attached hydrogens (tertiary/aromatic N) is 3. The molecule has 3 rings (SSSR count). The molecule has 0 atom stereocenters. The molecule has 0 radical (unpaired) electrons. The number of Topliss-reactive ketones (excluding diaryl/α,β-unsaturated/α-hetero) is 1. The van der Waals surface area contributed by atoms with E-state index in [2.05, 4.69) is 4.74 Å². The zero-order chi connectivity index (χ0) is 25.2. The van der Waals surface area contributed by atoms with E-state index in [0.29, 0.717) is 28.2 Å². The number of hydrogen-bond acceptors (Lipinski definition) is 8. The fraction of sp³-hybridized carbons (Fsp3) is 0.217. The Kier molecular flexibility index (Phi) is 6.76. The molecule has 2 aromatic heterocycles. The van der Waals surface area contributed by atoms with Crippen molar-refractivity contribution in [2.45, 2.75) is 20.4 Å². The van der Waals surface area contributed by atoms with Crippen LogP contribution >= 0.6 is 0 Å². The summed E-state index contributed by atoms with van der Waals surface area (Å²) in [5.41, 5.74) is 0.572. The summed E-state index contributed by atoms with van der Waals surface area (Å²) in [5.74, 6) is -1.83. The first-order valence-electron chi connectivity index (χ1n) is 9.97. The van der Waals surface area contributed by atoms with Gasteiger partial charge in [0.25, 0.3) is 0 Å². The summed E-state index contributed by atoms with van der Waals surface area (Å²) in [6.07, 6.45) is 1.06.